The Kier molecular flexibility index (Phi) is 7.19. The minimum absolute atomic E-state index is 0.173. The number of rotatable bonds is 6. The first kappa shape index (κ1) is 25.3. The van der Waals surface area contributed by atoms with Crippen LogP contribution < -0.4 is 25.3 Å². The zero-order chi connectivity index (χ0) is 26.1. The van der Waals surface area contributed by atoms with Crippen molar-refractivity contribution in [3.05, 3.63) is 64.3 Å². The third kappa shape index (κ3) is 5.07. The number of anilines is 5. The number of carbonyl (C=O) groups is 1. The van der Waals surface area contributed by atoms with Crippen LogP contribution in [0.2, 0.25) is 5.02 Å². The molecule has 2 aliphatic rings. The number of benzene rings is 2. The molecule has 5 rings (SSSR count). The van der Waals surface area contributed by atoms with Gasteiger partial charge in [0.05, 0.1) is 24.0 Å². The monoisotopic (exact) mass is 521 g/mol. The number of ether oxygens (including phenoxy) is 1. The molecule has 1 saturated heterocycles. The average molecular weight is 522 g/mol. The number of fused-ring (bicyclic) bond motifs is 1. The van der Waals surface area contributed by atoms with Crippen LogP contribution in [-0.4, -0.2) is 62.4 Å². The number of nitrogens with one attached hydrogen (secondary N) is 2. The van der Waals surface area contributed by atoms with Crippen molar-refractivity contribution in [2.45, 2.75) is 26.5 Å². The molecule has 1 amide bonds. The highest BCUT2D eigenvalue weighted by atomic mass is 35.5. The standard InChI is InChI=1S/C27H32ClN7O2/c1-17-6-5-7-22(28)24(17)35-16-33(3)25-21(26(35)36)13-30-27(32-25)31-20-8-9-23(19(12-20)15-37-4)34-11-10-29-18(2)14-34/h5-9,12-13,18,29H,10-11,14-16H2,1-4H3,(H,30,31,32). The number of carbonyl (C=O) groups excluding carboxylic acids is 1. The maximum absolute atomic E-state index is 13.4. The van der Waals surface area contributed by atoms with Crippen LogP contribution >= 0.6 is 11.6 Å². The van der Waals surface area contributed by atoms with Crippen molar-refractivity contribution in [3.63, 3.8) is 0 Å². The van der Waals surface area contributed by atoms with Crippen LogP contribution in [0, 0.1) is 6.92 Å². The molecule has 2 aromatic carbocycles. The molecule has 9 nitrogen and oxygen atoms in total. The predicted octanol–water partition coefficient (Wildman–Crippen LogP) is 4.18. The molecule has 0 bridgehead atoms. The highest BCUT2D eigenvalue weighted by Crippen LogP contribution is 2.35. The van der Waals surface area contributed by atoms with Gasteiger partial charge in [0.15, 0.2) is 0 Å². The van der Waals surface area contributed by atoms with Gasteiger partial charge < -0.3 is 25.2 Å². The van der Waals surface area contributed by atoms with E-state index in [1.54, 1.807) is 24.3 Å². The van der Waals surface area contributed by atoms with E-state index in [9.17, 15) is 4.79 Å². The molecular formula is C27H32ClN7O2. The van der Waals surface area contributed by atoms with E-state index in [4.69, 9.17) is 16.3 Å². The number of aromatic nitrogens is 2. The molecule has 1 fully saturated rings. The van der Waals surface area contributed by atoms with Gasteiger partial charge in [-0.2, -0.15) is 4.98 Å². The summed E-state index contributed by atoms with van der Waals surface area (Å²) >= 11 is 6.45. The van der Waals surface area contributed by atoms with Crippen molar-refractivity contribution in [2.75, 3.05) is 60.5 Å². The molecule has 37 heavy (non-hydrogen) atoms. The fraction of sp³-hybridized carbons (Fsp3) is 0.370. The minimum atomic E-state index is -0.173. The number of piperazine rings is 1. The fourth-order valence-corrected chi connectivity index (χ4v) is 5.35. The highest BCUT2D eigenvalue weighted by molar-refractivity contribution is 6.34. The second-order valence-corrected chi connectivity index (χ2v) is 10.0. The number of methoxy groups -OCH3 is 1. The van der Waals surface area contributed by atoms with Gasteiger partial charge in [0.2, 0.25) is 5.95 Å². The summed E-state index contributed by atoms with van der Waals surface area (Å²) < 4.78 is 5.50. The predicted molar refractivity (Wildman–Crippen MR) is 148 cm³/mol. The second kappa shape index (κ2) is 10.5. The van der Waals surface area contributed by atoms with Crippen LogP contribution in [0.4, 0.5) is 28.8 Å². The number of halogens is 1. The van der Waals surface area contributed by atoms with Crippen molar-refractivity contribution in [3.8, 4) is 0 Å². The number of hydrogen-bond donors (Lipinski definition) is 2. The molecule has 0 spiro atoms. The van der Waals surface area contributed by atoms with Crippen LogP contribution in [0.25, 0.3) is 0 Å². The highest BCUT2D eigenvalue weighted by Gasteiger charge is 2.32. The van der Waals surface area contributed by atoms with Crippen LogP contribution in [0.5, 0.6) is 0 Å². The SMILES string of the molecule is COCc1cc(Nc2ncc3c(n2)N(C)CN(c2c(C)cccc2Cl)C3=O)ccc1N1CCNC(C)C1. The van der Waals surface area contributed by atoms with Crippen LogP contribution in [0.15, 0.2) is 42.6 Å². The van der Waals surface area contributed by atoms with E-state index in [1.165, 1.54) is 5.69 Å². The smallest absolute Gasteiger partial charge is 0.265 e. The molecule has 1 unspecified atom stereocenters. The van der Waals surface area contributed by atoms with Gasteiger partial charge in [-0.15, -0.1) is 0 Å². The summed E-state index contributed by atoms with van der Waals surface area (Å²) in [5, 5.41) is 7.33. The Hall–Kier alpha value is -3.40. The lowest BCUT2D eigenvalue weighted by Gasteiger charge is -2.36. The summed E-state index contributed by atoms with van der Waals surface area (Å²) in [6.07, 6.45) is 1.58. The lowest BCUT2D eigenvalue weighted by molar-refractivity contribution is 0.0982. The van der Waals surface area contributed by atoms with Gasteiger partial charge in [-0.05, 0) is 43.7 Å². The third-order valence-corrected chi connectivity index (χ3v) is 7.07. The van der Waals surface area contributed by atoms with E-state index in [-0.39, 0.29) is 5.91 Å². The summed E-state index contributed by atoms with van der Waals surface area (Å²) in [6, 6.07) is 12.3. The number of para-hydroxylation sites is 1. The first-order valence-electron chi connectivity index (χ1n) is 12.4. The maximum Gasteiger partial charge on any atom is 0.265 e. The van der Waals surface area contributed by atoms with Gasteiger partial charge in [-0.3, -0.25) is 9.69 Å². The average Bonchev–Trinajstić information content (AvgIpc) is 2.87. The van der Waals surface area contributed by atoms with Gasteiger partial charge in [-0.25, -0.2) is 4.98 Å². The Morgan fingerprint density at radius 2 is 2.11 bits per heavy atom. The van der Waals surface area contributed by atoms with E-state index in [0.29, 0.717) is 47.4 Å². The topological polar surface area (TPSA) is 85.9 Å². The molecule has 0 saturated carbocycles. The van der Waals surface area contributed by atoms with Gasteiger partial charge in [0.25, 0.3) is 5.91 Å². The molecule has 2 N–H and O–H groups in total. The molecule has 0 aliphatic carbocycles. The third-order valence-electron chi connectivity index (χ3n) is 6.76. The van der Waals surface area contributed by atoms with E-state index in [0.717, 1.165) is 36.4 Å². The number of hydrogen-bond acceptors (Lipinski definition) is 8. The van der Waals surface area contributed by atoms with Crippen LogP contribution in [-0.2, 0) is 11.3 Å². The zero-order valence-corrected chi connectivity index (χ0v) is 22.3. The van der Waals surface area contributed by atoms with Gasteiger partial charge in [0, 0.05) is 63.0 Å². The van der Waals surface area contributed by atoms with Crippen molar-refractivity contribution >= 4 is 46.3 Å². The molecule has 2 aliphatic heterocycles. The first-order valence-corrected chi connectivity index (χ1v) is 12.8. The zero-order valence-electron chi connectivity index (χ0n) is 21.6. The van der Waals surface area contributed by atoms with Gasteiger partial charge in [-0.1, -0.05) is 23.7 Å². The van der Waals surface area contributed by atoms with Gasteiger partial charge in [0.1, 0.15) is 11.4 Å². The van der Waals surface area contributed by atoms with Crippen LogP contribution in [0.3, 0.4) is 0 Å². The fourth-order valence-electron chi connectivity index (χ4n) is 5.02. The Balaban J connectivity index is 1.40. The Morgan fingerprint density at radius 3 is 2.86 bits per heavy atom. The number of aryl methyl sites for hydroxylation is 1. The lowest BCUT2D eigenvalue weighted by Crippen LogP contribution is -2.49. The maximum atomic E-state index is 13.4. The molecule has 10 heteroatoms. The van der Waals surface area contributed by atoms with Crippen LogP contribution in [0.1, 0.15) is 28.4 Å². The molecule has 1 atom stereocenters. The summed E-state index contributed by atoms with van der Waals surface area (Å²) in [5.41, 5.74) is 5.20. The lowest BCUT2D eigenvalue weighted by atomic mass is 10.1. The van der Waals surface area contributed by atoms with E-state index >= 15 is 0 Å². The van der Waals surface area contributed by atoms with Crippen molar-refractivity contribution in [1.82, 2.24) is 15.3 Å². The van der Waals surface area contributed by atoms with Crippen molar-refractivity contribution < 1.29 is 9.53 Å². The summed E-state index contributed by atoms with van der Waals surface area (Å²) in [7, 11) is 3.61. The summed E-state index contributed by atoms with van der Waals surface area (Å²) in [4.78, 5) is 28.5. The quantitative estimate of drug-likeness (QED) is 0.499. The normalized spacial score (nSPS) is 17.7. The largest absolute Gasteiger partial charge is 0.380 e. The van der Waals surface area contributed by atoms with Crippen molar-refractivity contribution in [2.24, 2.45) is 0 Å². The van der Waals surface area contributed by atoms with E-state index < -0.39 is 0 Å². The van der Waals surface area contributed by atoms with Gasteiger partial charge >= 0.3 is 0 Å². The summed E-state index contributed by atoms with van der Waals surface area (Å²) in [6.45, 7) is 7.83. The summed E-state index contributed by atoms with van der Waals surface area (Å²) in [5.74, 6) is 0.826. The molecule has 3 heterocycles. The molecular weight excluding hydrogens is 490 g/mol. The number of nitrogens with zero attached hydrogens (tertiary/aromatic N) is 5. The molecule has 0 radical (unpaired) electrons. The Morgan fingerprint density at radius 1 is 1.27 bits per heavy atom. The van der Waals surface area contributed by atoms with E-state index in [2.05, 4.69) is 44.6 Å². The Labute approximate surface area is 222 Å². The second-order valence-electron chi connectivity index (χ2n) is 9.61. The Bertz CT molecular complexity index is 1300. The van der Waals surface area contributed by atoms with Crippen molar-refractivity contribution in [1.29, 1.82) is 0 Å². The number of amides is 1. The van der Waals surface area contributed by atoms with E-state index in [1.807, 2.05) is 37.1 Å². The molecule has 194 valence electrons. The molecule has 3 aromatic rings. The first-order chi connectivity index (χ1) is 17.9. The molecule has 1 aromatic heterocycles. The minimum Gasteiger partial charge on any atom is -0.380 e.